The van der Waals surface area contributed by atoms with E-state index in [9.17, 15) is 10.1 Å². The topological polar surface area (TPSA) is 52.9 Å². The number of carbonyl (C=O) groups is 1. The van der Waals surface area contributed by atoms with E-state index >= 15 is 0 Å². The van der Waals surface area contributed by atoms with Gasteiger partial charge in [-0.05, 0) is 59.1 Å². The lowest BCUT2D eigenvalue weighted by Crippen LogP contribution is -2.26. The summed E-state index contributed by atoms with van der Waals surface area (Å²) in [7, 11) is 0. The maximum Gasteiger partial charge on any atom is 0.256 e. The molecule has 2 aromatic carbocycles. The van der Waals surface area contributed by atoms with Crippen molar-refractivity contribution in [3.05, 3.63) is 62.4 Å². The highest BCUT2D eigenvalue weighted by atomic mass is 79.9. The van der Waals surface area contributed by atoms with Gasteiger partial charge in [-0.2, -0.15) is 5.26 Å². The lowest BCUT2D eigenvalue weighted by atomic mass is 9.72. The fourth-order valence-corrected chi connectivity index (χ4v) is 5.94. The Morgan fingerprint density at radius 1 is 1.21 bits per heavy atom. The largest absolute Gasteiger partial charge is 0.312 e. The second kappa shape index (κ2) is 7.59. The average molecular weight is 467 g/mol. The number of carbonyl (C=O) groups excluding carboxylic acids is 1. The van der Waals surface area contributed by atoms with Gasteiger partial charge in [0.25, 0.3) is 5.91 Å². The van der Waals surface area contributed by atoms with Gasteiger partial charge in [0.15, 0.2) is 0 Å². The van der Waals surface area contributed by atoms with Crippen molar-refractivity contribution in [1.29, 1.82) is 5.26 Å². The van der Waals surface area contributed by atoms with Crippen LogP contribution in [0.1, 0.15) is 53.6 Å². The Hall–Kier alpha value is -2.16. The molecule has 4 rings (SSSR count). The van der Waals surface area contributed by atoms with Crippen molar-refractivity contribution in [2.45, 2.75) is 40.0 Å². The first-order valence-corrected chi connectivity index (χ1v) is 11.4. The first-order chi connectivity index (χ1) is 13.8. The van der Waals surface area contributed by atoms with Crippen LogP contribution in [0.3, 0.4) is 0 Å². The standard InChI is InChI=1S/C24H23BrN2OS/c1-24(2,3)14-10-11-17-19(13-26)23(29-21(17)12-14)27-22(28)18-8-4-7-16-15(18)6-5-9-20(16)25/h4-9,14H,10-12H2,1-3H3,(H,27,28). The van der Waals surface area contributed by atoms with Crippen LogP contribution in [-0.2, 0) is 12.8 Å². The van der Waals surface area contributed by atoms with Crippen molar-refractivity contribution in [3.63, 3.8) is 0 Å². The molecule has 1 amide bonds. The Morgan fingerprint density at radius 2 is 1.93 bits per heavy atom. The van der Waals surface area contributed by atoms with Crippen LogP contribution in [-0.4, -0.2) is 5.91 Å². The molecule has 0 spiro atoms. The van der Waals surface area contributed by atoms with Gasteiger partial charge in [-0.1, -0.05) is 61.0 Å². The SMILES string of the molecule is CC(C)(C)C1CCc2c(sc(NC(=O)c3cccc4c(Br)cccc34)c2C#N)C1. The number of hydrogen-bond donors (Lipinski definition) is 1. The van der Waals surface area contributed by atoms with Crippen LogP contribution in [0.15, 0.2) is 40.9 Å². The Morgan fingerprint density at radius 3 is 2.66 bits per heavy atom. The van der Waals surface area contributed by atoms with E-state index in [4.69, 9.17) is 0 Å². The zero-order valence-corrected chi connectivity index (χ0v) is 19.2. The van der Waals surface area contributed by atoms with E-state index in [0.29, 0.717) is 22.0 Å². The first kappa shape index (κ1) is 20.1. The minimum Gasteiger partial charge on any atom is -0.312 e. The van der Waals surface area contributed by atoms with Crippen LogP contribution in [0.2, 0.25) is 0 Å². The maximum absolute atomic E-state index is 13.1. The molecule has 0 fully saturated rings. The summed E-state index contributed by atoms with van der Waals surface area (Å²) in [4.78, 5) is 14.4. The number of nitrogens with zero attached hydrogens (tertiary/aromatic N) is 1. The number of thiophene rings is 1. The molecule has 0 radical (unpaired) electrons. The predicted octanol–water partition coefficient (Wildman–Crippen LogP) is 6.94. The summed E-state index contributed by atoms with van der Waals surface area (Å²) in [6.45, 7) is 6.84. The Kier molecular flexibility index (Phi) is 5.27. The number of benzene rings is 2. The van der Waals surface area contributed by atoms with Crippen LogP contribution < -0.4 is 5.32 Å². The van der Waals surface area contributed by atoms with Crippen LogP contribution in [0.5, 0.6) is 0 Å². The molecule has 1 aliphatic carbocycles. The van der Waals surface area contributed by atoms with E-state index in [1.807, 2.05) is 36.4 Å². The first-order valence-electron chi connectivity index (χ1n) is 9.83. The molecule has 29 heavy (non-hydrogen) atoms. The van der Waals surface area contributed by atoms with Gasteiger partial charge in [0, 0.05) is 14.9 Å². The minimum absolute atomic E-state index is 0.170. The van der Waals surface area contributed by atoms with Crippen molar-refractivity contribution in [1.82, 2.24) is 0 Å². The molecular weight excluding hydrogens is 444 g/mol. The van der Waals surface area contributed by atoms with E-state index in [0.717, 1.165) is 40.1 Å². The minimum atomic E-state index is -0.170. The van der Waals surface area contributed by atoms with Crippen molar-refractivity contribution in [3.8, 4) is 6.07 Å². The van der Waals surface area contributed by atoms with Crippen molar-refractivity contribution in [2.24, 2.45) is 11.3 Å². The Labute approximate surface area is 183 Å². The lowest BCUT2D eigenvalue weighted by molar-refractivity contribution is 0.102. The summed E-state index contributed by atoms with van der Waals surface area (Å²) < 4.78 is 0.960. The molecule has 0 aliphatic heterocycles. The molecule has 1 unspecified atom stereocenters. The normalized spacial score (nSPS) is 16.3. The molecular formula is C24H23BrN2OS. The third-order valence-electron chi connectivity index (χ3n) is 5.94. The molecule has 0 bridgehead atoms. The number of fused-ring (bicyclic) bond motifs is 2. The number of halogens is 1. The Balaban J connectivity index is 1.68. The third kappa shape index (κ3) is 3.72. The van der Waals surface area contributed by atoms with Gasteiger partial charge in [-0.3, -0.25) is 4.79 Å². The monoisotopic (exact) mass is 466 g/mol. The highest BCUT2D eigenvalue weighted by Crippen LogP contribution is 2.44. The van der Waals surface area contributed by atoms with E-state index in [1.54, 1.807) is 11.3 Å². The molecule has 1 aromatic heterocycles. The number of hydrogen-bond acceptors (Lipinski definition) is 3. The molecule has 5 heteroatoms. The van der Waals surface area contributed by atoms with E-state index in [-0.39, 0.29) is 11.3 Å². The van der Waals surface area contributed by atoms with Crippen LogP contribution in [0, 0.1) is 22.7 Å². The quantitative estimate of drug-likeness (QED) is 0.444. The molecule has 3 nitrogen and oxygen atoms in total. The second-order valence-corrected chi connectivity index (χ2v) is 10.7. The van der Waals surface area contributed by atoms with Gasteiger partial charge in [-0.15, -0.1) is 11.3 Å². The fraction of sp³-hybridized carbons (Fsp3) is 0.333. The molecule has 1 atom stereocenters. The average Bonchev–Trinajstić information content (AvgIpc) is 3.03. The molecule has 1 heterocycles. The summed E-state index contributed by atoms with van der Waals surface area (Å²) in [6, 6.07) is 13.9. The van der Waals surface area contributed by atoms with Crippen LogP contribution in [0.25, 0.3) is 10.8 Å². The number of amides is 1. The van der Waals surface area contributed by atoms with Gasteiger partial charge < -0.3 is 5.32 Å². The van der Waals surface area contributed by atoms with Crippen molar-refractivity contribution >= 4 is 48.9 Å². The second-order valence-electron chi connectivity index (χ2n) is 8.72. The number of nitrogens with one attached hydrogen (secondary N) is 1. The number of anilines is 1. The van der Waals surface area contributed by atoms with Gasteiger partial charge in [0.2, 0.25) is 0 Å². The lowest BCUT2D eigenvalue weighted by Gasteiger charge is -2.33. The highest BCUT2D eigenvalue weighted by molar-refractivity contribution is 9.10. The summed E-state index contributed by atoms with van der Waals surface area (Å²) >= 11 is 5.13. The van der Waals surface area contributed by atoms with Crippen molar-refractivity contribution < 1.29 is 4.79 Å². The van der Waals surface area contributed by atoms with Gasteiger partial charge >= 0.3 is 0 Å². The van der Waals surface area contributed by atoms with E-state index < -0.39 is 0 Å². The predicted molar refractivity (Wildman–Crippen MR) is 124 cm³/mol. The molecule has 3 aromatic rings. The number of rotatable bonds is 2. The smallest absolute Gasteiger partial charge is 0.256 e. The number of nitriles is 1. The molecule has 1 aliphatic rings. The molecule has 0 saturated heterocycles. The van der Waals surface area contributed by atoms with Crippen LogP contribution in [0.4, 0.5) is 5.00 Å². The van der Waals surface area contributed by atoms with E-state index in [1.165, 1.54) is 4.88 Å². The highest BCUT2D eigenvalue weighted by Gasteiger charge is 2.32. The van der Waals surface area contributed by atoms with E-state index in [2.05, 4.69) is 48.1 Å². The zero-order chi connectivity index (χ0) is 20.8. The molecule has 148 valence electrons. The summed E-state index contributed by atoms with van der Waals surface area (Å²) in [5.41, 5.74) is 2.64. The van der Waals surface area contributed by atoms with Gasteiger partial charge in [-0.25, -0.2) is 0 Å². The fourth-order valence-electron chi connectivity index (χ4n) is 4.17. The maximum atomic E-state index is 13.1. The third-order valence-corrected chi connectivity index (χ3v) is 7.80. The Bertz CT molecular complexity index is 1150. The van der Waals surface area contributed by atoms with Crippen LogP contribution >= 0.6 is 27.3 Å². The van der Waals surface area contributed by atoms with Crippen molar-refractivity contribution in [2.75, 3.05) is 5.32 Å². The summed E-state index contributed by atoms with van der Waals surface area (Å²) in [5, 5.41) is 15.4. The molecule has 1 N–H and O–H groups in total. The molecule has 0 saturated carbocycles. The summed E-state index contributed by atoms with van der Waals surface area (Å²) in [5.74, 6) is 0.426. The summed E-state index contributed by atoms with van der Waals surface area (Å²) in [6.07, 6.45) is 2.98. The van der Waals surface area contributed by atoms with Gasteiger partial charge in [0.05, 0.1) is 5.56 Å². The van der Waals surface area contributed by atoms with Gasteiger partial charge in [0.1, 0.15) is 11.1 Å². The zero-order valence-electron chi connectivity index (χ0n) is 16.8.